The molecule has 0 radical (unpaired) electrons. The highest BCUT2D eigenvalue weighted by Gasteiger charge is 2.34. The molecule has 3 aromatic carbocycles. The normalized spacial score (nSPS) is 15.0. The number of nitrogens with zero attached hydrogens (tertiary/aromatic N) is 1. The fourth-order valence-corrected chi connectivity index (χ4v) is 4.15. The molecule has 1 aromatic heterocycles. The van der Waals surface area contributed by atoms with Crippen LogP contribution in [0, 0.1) is 0 Å². The van der Waals surface area contributed by atoms with Crippen molar-refractivity contribution in [2.75, 3.05) is 0 Å². The van der Waals surface area contributed by atoms with Gasteiger partial charge in [-0.05, 0) is 29.3 Å². The third kappa shape index (κ3) is 1.43. The summed E-state index contributed by atoms with van der Waals surface area (Å²) in [5.41, 5.74) is 6.15. The summed E-state index contributed by atoms with van der Waals surface area (Å²) in [4.78, 5) is 0. The van der Waals surface area contributed by atoms with Gasteiger partial charge in [0.2, 0.25) is 0 Å². The van der Waals surface area contributed by atoms with E-state index in [9.17, 15) is 5.11 Å². The summed E-state index contributed by atoms with van der Waals surface area (Å²) >= 11 is 0. The lowest BCUT2D eigenvalue weighted by molar-refractivity contribution is 0.476. The van der Waals surface area contributed by atoms with Crippen LogP contribution >= 0.6 is 0 Å². The van der Waals surface area contributed by atoms with E-state index in [0.717, 1.165) is 5.52 Å². The van der Waals surface area contributed by atoms with Gasteiger partial charge in [-0.1, -0.05) is 50.2 Å². The van der Waals surface area contributed by atoms with Gasteiger partial charge in [-0.25, -0.2) is 0 Å². The lowest BCUT2D eigenvalue weighted by Gasteiger charge is -2.34. The molecule has 0 spiro atoms. The van der Waals surface area contributed by atoms with Crippen molar-refractivity contribution in [1.29, 1.82) is 0 Å². The molecular weight excluding hydrogens is 282 g/mol. The number of hydrogen-bond acceptors (Lipinski definition) is 1. The highest BCUT2D eigenvalue weighted by atomic mass is 16.3. The van der Waals surface area contributed by atoms with E-state index in [-0.39, 0.29) is 5.41 Å². The average molecular weight is 299 g/mol. The zero-order valence-electron chi connectivity index (χ0n) is 13.2. The van der Waals surface area contributed by atoms with Crippen LogP contribution in [0.3, 0.4) is 0 Å². The lowest BCUT2D eigenvalue weighted by atomic mass is 9.75. The second-order valence-corrected chi connectivity index (χ2v) is 6.88. The molecule has 1 aliphatic heterocycles. The molecule has 2 heteroatoms. The Bertz CT molecular complexity index is 1100. The zero-order chi connectivity index (χ0) is 15.8. The van der Waals surface area contributed by atoms with Gasteiger partial charge in [0.15, 0.2) is 0 Å². The van der Waals surface area contributed by atoms with Crippen molar-refractivity contribution in [3.8, 4) is 11.4 Å². The van der Waals surface area contributed by atoms with Crippen LogP contribution in [-0.4, -0.2) is 9.67 Å². The largest absolute Gasteiger partial charge is 0.508 e. The molecule has 4 aromatic rings. The number of aromatic hydroxyl groups is 1. The molecule has 112 valence electrons. The summed E-state index contributed by atoms with van der Waals surface area (Å²) in [6.07, 6.45) is 0. The van der Waals surface area contributed by atoms with Gasteiger partial charge in [0.05, 0.1) is 16.7 Å². The first-order valence-electron chi connectivity index (χ1n) is 7.95. The van der Waals surface area contributed by atoms with Crippen LogP contribution in [0.1, 0.15) is 25.0 Å². The standard InChI is InChI=1S/C21H17NO/c1-21(2)16-7-3-4-9-18(16)22-19-12-13(23)10-11-14(19)15-6-5-8-17(21)20(15)22/h3-12,23H,1-2H3. The Morgan fingerprint density at radius 3 is 2.48 bits per heavy atom. The van der Waals surface area contributed by atoms with E-state index in [1.807, 2.05) is 12.1 Å². The summed E-state index contributed by atoms with van der Waals surface area (Å²) in [7, 11) is 0. The maximum absolute atomic E-state index is 10.0. The molecule has 0 unspecified atom stereocenters. The van der Waals surface area contributed by atoms with Crippen molar-refractivity contribution < 1.29 is 5.11 Å². The van der Waals surface area contributed by atoms with Crippen molar-refractivity contribution in [2.45, 2.75) is 19.3 Å². The van der Waals surface area contributed by atoms with E-state index in [4.69, 9.17) is 0 Å². The van der Waals surface area contributed by atoms with Crippen LogP contribution in [0.15, 0.2) is 60.7 Å². The summed E-state index contributed by atoms with van der Waals surface area (Å²) in [6, 6.07) is 20.8. The predicted octanol–water partition coefficient (Wildman–Crippen LogP) is 5.13. The molecule has 0 amide bonds. The summed E-state index contributed by atoms with van der Waals surface area (Å²) in [6.45, 7) is 4.58. The first kappa shape index (κ1) is 12.8. The van der Waals surface area contributed by atoms with E-state index in [2.05, 4.69) is 60.9 Å². The Morgan fingerprint density at radius 2 is 1.61 bits per heavy atom. The van der Waals surface area contributed by atoms with Gasteiger partial charge < -0.3 is 9.67 Å². The minimum atomic E-state index is -0.0392. The molecule has 2 heterocycles. The van der Waals surface area contributed by atoms with Crippen LogP contribution in [-0.2, 0) is 5.41 Å². The molecule has 2 nitrogen and oxygen atoms in total. The monoisotopic (exact) mass is 299 g/mol. The fourth-order valence-electron chi connectivity index (χ4n) is 4.15. The number of para-hydroxylation sites is 2. The number of fused-ring (bicyclic) bond motifs is 5. The van der Waals surface area contributed by atoms with E-state index in [0.29, 0.717) is 5.75 Å². The average Bonchev–Trinajstić information content (AvgIpc) is 2.87. The maximum atomic E-state index is 10.0. The molecule has 1 aliphatic rings. The summed E-state index contributed by atoms with van der Waals surface area (Å²) in [5.74, 6) is 0.306. The van der Waals surface area contributed by atoms with Crippen LogP contribution in [0.5, 0.6) is 5.75 Å². The van der Waals surface area contributed by atoms with Crippen molar-refractivity contribution in [3.63, 3.8) is 0 Å². The van der Waals surface area contributed by atoms with Gasteiger partial charge in [0.25, 0.3) is 0 Å². The van der Waals surface area contributed by atoms with E-state index in [1.54, 1.807) is 6.07 Å². The number of benzene rings is 3. The summed E-state index contributed by atoms with van der Waals surface area (Å²) < 4.78 is 2.31. The van der Waals surface area contributed by atoms with Crippen LogP contribution in [0.4, 0.5) is 0 Å². The van der Waals surface area contributed by atoms with Crippen molar-refractivity contribution >= 4 is 21.8 Å². The predicted molar refractivity (Wildman–Crippen MR) is 94.6 cm³/mol. The second kappa shape index (κ2) is 3.96. The molecular formula is C21H17NO. The van der Waals surface area contributed by atoms with Gasteiger partial charge in [-0.2, -0.15) is 0 Å². The third-order valence-electron chi connectivity index (χ3n) is 5.26. The minimum Gasteiger partial charge on any atom is -0.508 e. The number of hydrogen-bond donors (Lipinski definition) is 1. The van der Waals surface area contributed by atoms with E-state index >= 15 is 0 Å². The first-order valence-corrected chi connectivity index (χ1v) is 7.95. The SMILES string of the molecule is CC1(C)c2ccccc2-n2c3cc(O)ccc3c3cccc1c32. The Labute approximate surface area is 134 Å². The van der Waals surface area contributed by atoms with Gasteiger partial charge in [-0.3, -0.25) is 0 Å². The number of aromatic nitrogens is 1. The maximum Gasteiger partial charge on any atom is 0.117 e. The Morgan fingerprint density at radius 1 is 0.826 bits per heavy atom. The zero-order valence-corrected chi connectivity index (χ0v) is 13.2. The molecule has 0 saturated heterocycles. The van der Waals surface area contributed by atoms with Gasteiger partial charge >= 0.3 is 0 Å². The van der Waals surface area contributed by atoms with Gasteiger partial charge in [0.1, 0.15) is 5.75 Å². The molecule has 0 aliphatic carbocycles. The lowest BCUT2D eigenvalue weighted by Crippen LogP contribution is -2.26. The smallest absolute Gasteiger partial charge is 0.117 e. The van der Waals surface area contributed by atoms with Gasteiger partial charge in [0, 0.05) is 22.3 Å². The highest BCUT2D eigenvalue weighted by Crippen LogP contribution is 2.47. The van der Waals surface area contributed by atoms with Crippen molar-refractivity contribution in [1.82, 2.24) is 4.57 Å². The molecule has 1 N–H and O–H groups in total. The van der Waals surface area contributed by atoms with Crippen LogP contribution < -0.4 is 0 Å². The topological polar surface area (TPSA) is 25.2 Å². The molecule has 0 atom stereocenters. The van der Waals surface area contributed by atoms with Crippen molar-refractivity contribution in [2.24, 2.45) is 0 Å². The van der Waals surface area contributed by atoms with Crippen molar-refractivity contribution in [3.05, 3.63) is 71.8 Å². The Balaban J connectivity index is 2.14. The first-order chi connectivity index (χ1) is 11.1. The molecule has 23 heavy (non-hydrogen) atoms. The molecule has 0 saturated carbocycles. The Hall–Kier alpha value is -2.74. The Kier molecular flexibility index (Phi) is 2.20. The molecule has 0 fully saturated rings. The fraction of sp³-hybridized carbons (Fsp3) is 0.143. The number of phenolic OH excluding ortho intramolecular Hbond substituents is 1. The minimum absolute atomic E-state index is 0.0392. The molecule has 0 bridgehead atoms. The third-order valence-corrected chi connectivity index (χ3v) is 5.26. The quantitative estimate of drug-likeness (QED) is 0.478. The van der Waals surface area contributed by atoms with Crippen LogP contribution in [0.2, 0.25) is 0 Å². The second-order valence-electron chi connectivity index (χ2n) is 6.88. The van der Waals surface area contributed by atoms with Crippen LogP contribution in [0.25, 0.3) is 27.5 Å². The van der Waals surface area contributed by atoms with E-state index in [1.165, 1.54) is 33.1 Å². The number of phenols is 1. The summed E-state index contributed by atoms with van der Waals surface area (Å²) in [5, 5.41) is 12.4. The highest BCUT2D eigenvalue weighted by molar-refractivity contribution is 6.11. The van der Waals surface area contributed by atoms with Gasteiger partial charge in [-0.15, -0.1) is 0 Å². The van der Waals surface area contributed by atoms with E-state index < -0.39 is 0 Å². The molecule has 5 rings (SSSR count). The number of rotatable bonds is 0.